The molecular formula is C17H20N2O2S2. The molecule has 1 aromatic carbocycles. The van der Waals surface area contributed by atoms with Gasteiger partial charge >= 0.3 is 0 Å². The Hall–Kier alpha value is -1.53. The molecule has 0 amide bonds. The second-order valence-electron chi connectivity index (χ2n) is 6.51. The van der Waals surface area contributed by atoms with Crippen molar-refractivity contribution in [3.05, 3.63) is 30.5 Å². The van der Waals surface area contributed by atoms with Crippen molar-refractivity contribution in [1.82, 2.24) is 4.98 Å². The van der Waals surface area contributed by atoms with E-state index in [0.717, 1.165) is 35.7 Å². The molecule has 0 saturated heterocycles. The lowest BCUT2D eigenvalue weighted by molar-refractivity contribution is -0.111. The van der Waals surface area contributed by atoms with Gasteiger partial charge in [0.15, 0.2) is 0 Å². The molecule has 1 unspecified atom stereocenters. The molecule has 1 fully saturated rings. The van der Waals surface area contributed by atoms with Gasteiger partial charge in [0.25, 0.3) is 0 Å². The molecule has 23 heavy (non-hydrogen) atoms. The van der Waals surface area contributed by atoms with Gasteiger partial charge in [-0.25, -0.2) is 4.98 Å². The van der Waals surface area contributed by atoms with Crippen molar-refractivity contribution in [2.75, 3.05) is 11.9 Å². The van der Waals surface area contributed by atoms with Crippen molar-refractivity contribution in [2.24, 2.45) is 5.41 Å². The van der Waals surface area contributed by atoms with Crippen molar-refractivity contribution < 1.29 is 9.00 Å². The molecule has 0 aliphatic heterocycles. The Bertz CT molecular complexity index is 856. The molecule has 1 aromatic heterocycles. The standard InChI is InChI=1S/C17H20N2O2S2/c1-12(2)23(21,22)15-4-3-13-8-16(18-9-14(13)7-15)19-10-17(11-20)5-6-17/h3-4,7-9,11-12H,5-6,10H2,1-2H3,(H,18,19). The molecular weight excluding hydrogens is 328 g/mol. The second kappa shape index (κ2) is 5.83. The van der Waals surface area contributed by atoms with Crippen molar-refractivity contribution in [1.29, 1.82) is 0 Å². The van der Waals surface area contributed by atoms with Crippen LogP contribution in [0.15, 0.2) is 35.4 Å². The van der Waals surface area contributed by atoms with Crippen LogP contribution in [0, 0.1) is 5.41 Å². The predicted molar refractivity (Wildman–Crippen MR) is 96.9 cm³/mol. The first-order chi connectivity index (χ1) is 10.9. The average Bonchev–Trinajstić information content (AvgIpc) is 3.32. The fourth-order valence-corrected chi connectivity index (χ4v) is 3.83. The summed E-state index contributed by atoms with van der Waals surface area (Å²) in [5, 5.41) is 5.08. The maximum atomic E-state index is 12.6. The van der Waals surface area contributed by atoms with Crippen molar-refractivity contribution in [3.63, 3.8) is 0 Å². The molecule has 0 bridgehead atoms. The largest absolute Gasteiger partial charge is 0.369 e. The highest BCUT2D eigenvalue weighted by atomic mass is 32.8. The maximum absolute atomic E-state index is 12.6. The van der Waals surface area contributed by atoms with E-state index in [0.29, 0.717) is 11.4 Å². The number of hydrogen-bond acceptors (Lipinski definition) is 5. The van der Waals surface area contributed by atoms with E-state index < -0.39 is 8.49 Å². The third-order valence-corrected chi connectivity index (χ3v) is 8.29. The lowest BCUT2D eigenvalue weighted by Crippen LogP contribution is -2.17. The number of rotatable bonds is 6. The van der Waals surface area contributed by atoms with Crippen LogP contribution in [-0.4, -0.2) is 27.3 Å². The van der Waals surface area contributed by atoms with Gasteiger partial charge in [0, 0.05) is 33.7 Å². The number of pyridine rings is 1. The second-order valence-corrected chi connectivity index (χ2v) is 10.5. The molecule has 1 heterocycles. The Morgan fingerprint density at radius 1 is 1.35 bits per heavy atom. The third-order valence-electron chi connectivity index (χ3n) is 4.41. The fraction of sp³-hybridized carbons (Fsp3) is 0.412. The first-order valence-corrected chi connectivity index (χ1v) is 10.2. The molecule has 122 valence electrons. The Morgan fingerprint density at radius 2 is 2.09 bits per heavy atom. The van der Waals surface area contributed by atoms with Gasteiger partial charge in [0.2, 0.25) is 0 Å². The number of nitrogens with one attached hydrogen (secondary N) is 1. The molecule has 1 N–H and O–H groups in total. The quantitative estimate of drug-likeness (QED) is 0.813. The summed E-state index contributed by atoms with van der Waals surface area (Å²) < 4.78 is 12.6. The van der Waals surface area contributed by atoms with E-state index in [-0.39, 0.29) is 10.7 Å². The lowest BCUT2D eigenvalue weighted by atomic mass is 10.1. The molecule has 2 aromatic rings. The smallest absolute Gasteiger partial charge is 0.127 e. The Morgan fingerprint density at radius 3 is 2.70 bits per heavy atom. The van der Waals surface area contributed by atoms with Gasteiger partial charge in [-0.3, -0.25) is 4.21 Å². The van der Waals surface area contributed by atoms with Gasteiger partial charge in [-0.2, -0.15) is 0 Å². The van der Waals surface area contributed by atoms with E-state index in [1.165, 1.54) is 0 Å². The van der Waals surface area contributed by atoms with Crippen LogP contribution in [-0.2, 0) is 24.5 Å². The highest BCUT2D eigenvalue weighted by molar-refractivity contribution is 8.33. The minimum absolute atomic E-state index is 0.0816. The van der Waals surface area contributed by atoms with Crippen LogP contribution >= 0.6 is 0 Å². The van der Waals surface area contributed by atoms with Crippen molar-refractivity contribution in [3.8, 4) is 0 Å². The van der Waals surface area contributed by atoms with Crippen LogP contribution in [0.1, 0.15) is 26.7 Å². The number of aldehydes is 1. The number of hydrogen-bond donors (Lipinski definition) is 1. The molecule has 1 atom stereocenters. The van der Waals surface area contributed by atoms with Gasteiger partial charge in [0.1, 0.15) is 12.1 Å². The van der Waals surface area contributed by atoms with Crippen LogP contribution in [0.3, 0.4) is 0 Å². The minimum atomic E-state index is -2.45. The van der Waals surface area contributed by atoms with E-state index in [1.54, 1.807) is 6.20 Å². The zero-order valence-corrected chi connectivity index (χ0v) is 14.9. The average molecular weight is 348 g/mol. The summed E-state index contributed by atoms with van der Waals surface area (Å²) in [6, 6.07) is 7.59. The Labute approximate surface area is 141 Å². The first-order valence-electron chi connectivity index (χ1n) is 7.70. The van der Waals surface area contributed by atoms with Gasteiger partial charge in [-0.1, -0.05) is 19.9 Å². The van der Waals surface area contributed by atoms with Crippen LogP contribution in [0.25, 0.3) is 10.8 Å². The summed E-state index contributed by atoms with van der Waals surface area (Å²) in [5.41, 5.74) is -0.189. The molecule has 0 radical (unpaired) electrons. The van der Waals surface area contributed by atoms with Crippen molar-refractivity contribution >= 4 is 42.6 Å². The summed E-state index contributed by atoms with van der Waals surface area (Å²) in [6.07, 6.45) is 4.69. The van der Waals surface area contributed by atoms with Gasteiger partial charge in [-0.05, 0) is 47.6 Å². The van der Waals surface area contributed by atoms with E-state index >= 15 is 0 Å². The number of carbonyl (C=O) groups excluding carboxylic acids is 1. The van der Waals surface area contributed by atoms with E-state index in [9.17, 15) is 9.00 Å². The summed E-state index contributed by atoms with van der Waals surface area (Å²) >= 11 is 5.29. The molecule has 4 nitrogen and oxygen atoms in total. The van der Waals surface area contributed by atoms with Gasteiger partial charge in [-0.15, -0.1) is 0 Å². The number of anilines is 1. The molecule has 3 rings (SSSR count). The summed E-state index contributed by atoms with van der Waals surface area (Å²) in [7, 11) is -2.45. The molecule has 1 aliphatic rings. The maximum Gasteiger partial charge on any atom is 0.127 e. The van der Waals surface area contributed by atoms with E-state index in [4.69, 9.17) is 11.2 Å². The topological polar surface area (TPSA) is 59.1 Å². The molecule has 1 saturated carbocycles. The van der Waals surface area contributed by atoms with Crippen LogP contribution < -0.4 is 5.32 Å². The zero-order chi connectivity index (χ0) is 16.7. The first kappa shape index (κ1) is 16.3. The number of aromatic nitrogens is 1. The predicted octanol–water partition coefficient (Wildman–Crippen LogP) is 3.14. The normalized spacial score (nSPS) is 18.6. The Balaban J connectivity index is 1.86. The zero-order valence-electron chi connectivity index (χ0n) is 13.2. The van der Waals surface area contributed by atoms with Crippen LogP contribution in [0.2, 0.25) is 0 Å². The molecule has 6 heteroatoms. The summed E-state index contributed by atoms with van der Waals surface area (Å²) in [5.74, 6) is 0.751. The van der Waals surface area contributed by atoms with Gasteiger partial charge < -0.3 is 10.1 Å². The third kappa shape index (κ3) is 3.23. The highest BCUT2D eigenvalue weighted by Gasteiger charge is 2.42. The summed E-state index contributed by atoms with van der Waals surface area (Å²) in [6.45, 7) is 4.39. The van der Waals surface area contributed by atoms with E-state index in [1.807, 2.05) is 38.1 Å². The fourth-order valence-electron chi connectivity index (χ4n) is 2.43. The molecule has 0 spiro atoms. The van der Waals surface area contributed by atoms with E-state index in [2.05, 4.69) is 10.3 Å². The van der Waals surface area contributed by atoms with Gasteiger partial charge in [0.05, 0.1) is 8.49 Å². The number of nitrogens with zero attached hydrogens (tertiary/aromatic N) is 1. The monoisotopic (exact) mass is 348 g/mol. The number of carbonyl (C=O) groups is 1. The number of benzene rings is 1. The lowest BCUT2D eigenvalue weighted by Gasteiger charge is -2.13. The minimum Gasteiger partial charge on any atom is -0.369 e. The summed E-state index contributed by atoms with van der Waals surface area (Å²) in [4.78, 5) is 16.1. The highest BCUT2D eigenvalue weighted by Crippen LogP contribution is 2.43. The SMILES string of the molecule is CC(C)S(=O)(=S)c1ccc2cc(NCC3(C=O)CC3)ncc2c1. The van der Waals surface area contributed by atoms with Crippen LogP contribution in [0.4, 0.5) is 5.82 Å². The number of fused-ring (bicyclic) bond motifs is 1. The molecule has 1 aliphatic carbocycles. The Kier molecular flexibility index (Phi) is 4.14. The van der Waals surface area contributed by atoms with Crippen LogP contribution in [0.5, 0.6) is 0 Å². The van der Waals surface area contributed by atoms with Crippen molar-refractivity contribution in [2.45, 2.75) is 36.8 Å².